The summed E-state index contributed by atoms with van der Waals surface area (Å²) in [6.07, 6.45) is 2.29. The number of nitrogens with one attached hydrogen (secondary N) is 1. The average molecular weight is 143 g/mol. The van der Waals surface area contributed by atoms with Gasteiger partial charge in [0, 0.05) is 13.5 Å². The van der Waals surface area contributed by atoms with Gasteiger partial charge in [-0.15, -0.1) is 0 Å². The molecule has 0 saturated heterocycles. The predicted octanol–water partition coefficient (Wildman–Crippen LogP) is 1.56. The lowest BCUT2D eigenvalue weighted by Crippen LogP contribution is -2.21. The molecule has 10 heavy (non-hydrogen) atoms. The summed E-state index contributed by atoms with van der Waals surface area (Å²) in [5, 5.41) is 2.76. The summed E-state index contributed by atoms with van der Waals surface area (Å²) >= 11 is 0. The molecule has 0 aliphatic heterocycles. The third-order valence-electron chi connectivity index (χ3n) is 1.33. The normalized spacial score (nSPS) is 10.0. The van der Waals surface area contributed by atoms with Crippen LogP contribution in [0, 0.1) is 5.92 Å². The Morgan fingerprint density at radius 2 is 2.10 bits per heavy atom. The van der Waals surface area contributed by atoms with Crippen LogP contribution in [0.3, 0.4) is 0 Å². The maximum atomic E-state index is 10.4. The van der Waals surface area contributed by atoms with Crippen LogP contribution >= 0.6 is 0 Å². The molecule has 0 atom stereocenters. The lowest BCUT2D eigenvalue weighted by atomic mass is 10.1. The fourth-order valence-corrected chi connectivity index (χ4v) is 0.775. The molecule has 0 rings (SSSR count). The molecule has 2 nitrogen and oxygen atoms in total. The quantitative estimate of drug-likeness (QED) is 0.594. The van der Waals surface area contributed by atoms with E-state index in [-0.39, 0.29) is 5.91 Å². The molecule has 0 heterocycles. The molecule has 1 N–H and O–H groups in total. The number of carbonyl (C=O) groups is 1. The molecule has 1 amide bonds. The molecule has 0 aliphatic carbocycles. The molecule has 0 unspecified atom stereocenters. The van der Waals surface area contributed by atoms with E-state index in [0.29, 0.717) is 0 Å². The topological polar surface area (TPSA) is 29.1 Å². The van der Waals surface area contributed by atoms with E-state index in [4.69, 9.17) is 0 Å². The first kappa shape index (κ1) is 9.47. The van der Waals surface area contributed by atoms with Gasteiger partial charge in [-0.1, -0.05) is 13.8 Å². The Morgan fingerprint density at radius 3 is 2.50 bits per heavy atom. The van der Waals surface area contributed by atoms with Crippen molar-refractivity contribution in [2.45, 2.75) is 33.6 Å². The molecular weight excluding hydrogens is 126 g/mol. The standard InChI is InChI=1S/C8H17NO/c1-7(2)5-4-6-9-8(3)10/h7H,4-6H2,1-3H3,(H,9,10). The third-order valence-corrected chi connectivity index (χ3v) is 1.33. The van der Waals surface area contributed by atoms with Crippen LogP contribution < -0.4 is 5.32 Å². The van der Waals surface area contributed by atoms with Gasteiger partial charge in [-0.2, -0.15) is 0 Å². The lowest BCUT2D eigenvalue weighted by molar-refractivity contribution is -0.118. The zero-order valence-electron chi connectivity index (χ0n) is 7.11. The number of hydrogen-bond acceptors (Lipinski definition) is 1. The van der Waals surface area contributed by atoms with Crippen molar-refractivity contribution in [3.8, 4) is 0 Å². The Kier molecular flexibility index (Phi) is 4.99. The summed E-state index contributed by atoms with van der Waals surface area (Å²) in [4.78, 5) is 10.4. The van der Waals surface area contributed by atoms with Crippen molar-refractivity contribution in [1.29, 1.82) is 0 Å². The highest BCUT2D eigenvalue weighted by molar-refractivity contribution is 5.72. The van der Waals surface area contributed by atoms with Crippen molar-refractivity contribution in [2.24, 2.45) is 5.92 Å². The van der Waals surface area contributed by atoms with E-state index in [0.717, 1.165) is 18.9 Å². The van der Waals surface area contributed by atoms with Crippen LogP contribution in [0.1, 0.15) is 33.6 Å². The minimum Gasteiger partial charge on any atom is -0.356 e. The van der Waals surface area contributed by atoms with Gasteiger partial charge in [0.1, 0.15) is 0 Å². The summed E-state index contributed by atoms with van der Waals surface area (Å²) in [7, 11) is 0. The molecule has 0 fully saturated rings. The minimum absolute atomic E-state index is 0.0729. The van der Waals surface area contributed by atoms with Gasteiger partial charge in [-0.25, -0.2) is 0 Å². The van der Waals surface area contributed by atoms with Gasteiger partial charge in [0.15, 0.2) is 0 Å². The van der Waals surface area contributed by atoms with E-state index < -0.39 is 0 Å². The smallest absolute Gasteiger partial charge is 0.216 e. The van der Waals surface area contributed by atoms with E-state index >= 15 is 0 Å². The summed E-state index contributed by atoms with van der Waals surface area (Å²) in [5.74, 6) is 0.817. The second-order valence-corrected chi connectivity index (χ2v) is 3.02. The molecule has 0 aliphatic rings. The van der Waals surface area contributed by atoms with E-state index in [1.165, 1.54) is 6.42 Å². The van der Waals surface area contributed by atoms with Crippen LogP contribution in [0.2, 0.25) is 0 Å². The van der Waals surface area contributed by atoms with Crippen molar-refractivity contribution < 1.29 is 4.79 Å². The molecule has 0 aromatic heterocycles. The molecule has 60 valence electrons. The Bertz CT molecular complexity index is 99.4. The average Bonchev–Trinajstić information content (AvgIpc) is 1.79. The minimum atomic E-state index is 0.0729. The molecule has 0 spiro atoms. The van der Waals surface area contributed by atoms with Crippen LogP contribution in [-0.2, 0) is 4.79 Å². The SMILES string of the molecule is CC(=O)NCCCC(C)C. The zero-order valence-corrected chi connectivity index (χ0v) is 7.11. The largest absolute Gasteiger partial charge is 0.356 e. The predicted molar refractivity (Wildman–Crippen MR) is 42.8 cm³/mol. The van der Waals surface area contributed by atoms with Crippen molar-refractivity contribution >= 4 is 5.91 Å². The lowest BCUT2D eigenvalue weighted by Gasteiger charge is -2.03. The highest BCUT2D eigenvalue weighted by atomic mass is 16.1. The van der Waals surface area contributed by atoms with Gasteiger partial charge in [0.05, 0.1) is 0 Å². The van der Waals surface area contributed by atoms with Gasteiger partial charge in [-0.3, -0.25) is 4.79 Å². The highest BCUT2D eigenvalue weighted by Crippen LogP contribution is 2.01. The summed E-state index contributed by atoms with van der Waals surface area (Å²) in [5.41, 5.74) is 0. The molecule has 0 radical (unpaired) electrons. The van der Waals surface area contributed by atoms with Gasteiger partial charge in [0.25, 0.3) is 0 Å². The molecule has 2 heteroatoms. The van der Waals surface area contributed by atoms with Gasteiger partial charge >= 0.3 is 0 Å². The fraction of sp³-hybridized carbons (Fsp3) is 0.875. The van der Waals surface area contributed by atoms with Crippen molar-refractivity contribution in [2.75, 3.05) is 6.54 Å². The maximum absolute atomic E-state index is 10.4. The van der Waals surface area contributed by atoms with Gasteiger partial charge < -0.3 is 5.32 Å². The van der Waals surface area contributed by atoms with Crippen LogP contribution in [0.4, 0.5) is 0 Å². The third kappa shape index (κ3) is 7.47. The van der Waals surface area contributed by atoms with Crippen molar-refractivity contribution in [1.82, 2.24) is 5.32 Å². The number of rotatable bonds is 4. The van der Waals surface area contributed by atoms with Crippen molar-refractivity contribution in [3.63, 3.8) is 0 Å². The molecular formula is C8H17NO. The Balaban J connectivity index is 2.98. The van der Waals surface area contributed by atoms with Crippen LogP contribution in [0.25, 0.3) is 0 Å². The molecule has 0 bridgehead atoms. The van der Waals surface area contributed by atoms with Crippen LogP contribution in [0.5, 0.6) is 0 Å². The number of amides is 1. The Hall–Kier alpha value is -0.530. The number of hydrogen-bond donors (Lipinski definition) is 1. The Morgan fingerprint density at radius 1 is 1.50 bits per heavy atom. The summed E-state index contributed by atoms with van der Waals surface area (Å²) < 4.78 is 0. The zero-order chi connectivity index (χ0) is 7.98. The van der Waals surface area contributed by atoms with Gasteiger partial charge in [0.2, 0.25) is 5.91 Å². The van der Waals surface area contributed by atoms with Crippen molar-refractivity contribution in [3.05, 3.63) is 0 Å². The van der Waals surface area contributed by atoms with E-state index in [1.807, 2.05) is 0 Å². The molecule has 0 aromatic rings. The van der Waals surface area contributed by atoms with Crippen LogP contribution in [0.15, 0.2) is 0 Å². The molecule has 0 aromatic carbocycles. The summed E-state index contributed by atoms with van der Waals surface area (Å²) in [6.45, 7) is 6.75. The number of carbonyl (C=O) groups excluding carboxylic acids is 1. The second kappa shape index (κ2) is 5.27. The van der Waals surface area contributed by atoms with Crippen LogP contribution in [-0.4, -0.2) is 12.5 Å². The monoisotopic (exact) mass is 143 g/mol. The first-order chi connectivity index (χ1) is 4.63. The summed E-state index contributed by atoms with van der Waals surface area (Å²) in [6, 6.07) is 0. The van der Waals surface area contributed by atoms with E-state index in [2.05, 4.69) is 19.2 Å². The first-order valence-corrected chi connectivity index (χ1v) is 3.87. The fourth-order valence-electron chi connectivity index (χ4n) is 0.775. The highest BCUT2D eigenvalue weighted by Gasteiger charge is 1.93. The maximum Gasteiger partial charge on any atom is 0.216 e. The Labute approximate surface area is 63.0 Å². The van der Waals surface area contributed by atoms with E-state index in [1.54, 1.807) is 6.92 Å². The molecule has 0 saturated carbocycles. The van der Waals surface area contributed by atoms with E-state index in [9.17, 15) is 4.79 Å². The second-order valence-electron chi connectivity index (χ2n) is 3.02. The van der Waals surface area contributed by atoms with Gasteiger partial charge in [-0.05, 0) is 18.8 Å². The first-order valence-electron chi connectivity index (χ1n) is 3.87.